The summed E-state index contributed by atoms with van der Waals surface area (Å²) in [6, 6.07) is 0. The number of carbonyl (C=O) groups is 3. The molecule has 1 heterocycles. The van der Waals surface area contributed by atoms with E-state index in [0.717, 1.165) is 0 Å². The third kappa shape index (κ3) is 3.68. The highest BCUT2D eigenvalue weighted by Gasteiger charge is 2.36. The topological polar surface area (TPSA) is 95.5 Å². The largest absolute Gasteiger partial charge is 0.481 e. The monoisotopic (exact) mass is 270 g/mol. The van der Waals surface area contributed by atoms with Gasteiger partial charge >= 0.3 is 5.97 Å². The summed E-state index contributed by atoms with van der Waals surface area (Å²) >= 11 is 0. The van der Waals surface area contributed by atoms with E-state index in [0.29, 0.717) is 32.2 Å². The molecule has 0 aliphatic carbocycles. The zero-order valence-electron chi connectivity index (χ0n) is 11.5. The number of hydrogen-bond acceptors (Lipinski definition) is 3. The van der Waals surface area contributed by atoms with Crippen molar-refractivity contribution in [3.8, 4) is 0 Å². The molecule has 19 heavy (non-hydrogen) atoms. The van der Waals surface area contributed by atoms with E-state index < -0.39 is 11.4 Å². The van der Waals surface area contributed by atoms with Gasteiger partial charge in [0.25, 0.3) is 0 Å². The predicted octanol–water partition coefficient (Wildman–Crippen LogP) is 0.520. The number of hydrogen-bond donors (Lipinski definition) is 3. The Morgan fingerprint density at radius 1 is 1.42 bits per heavy atom. The van der Waals surface area contributed by atoms with Crippen LogP contribution in [0.25, 0.3) is 0 Å². The van der Waals surface area contributed by atoms with Crippen LogP contribution < -0.4 is 10.6 Å². The number of piperidine rings is 1. The lowest BCUT2D eigenvalue weighted by Gasteiger charge is -2.28. The number of carboxylic acids is 1. The van der Waals surface area contributed by atoms with E-state index in [2.05, 4.69) is 10.6 Å². The molecule has 2 amide bonds. The van der Waals surface area contributed by atoms with Gasteiger partial charge in [-0.3, -0.25) is 14.4 Å². The van der Waals surface area contributed by atoms with Crippen molar-refractivity contribution in [2.75, 3.05) is 13.1 Å². The third-order valence-electron chi connectivity index (χ3n) is 4.04. The van der Waals surface area contributed by atoms with E-state index in [9.17, 15) is 19.5 Å². The van der Waals surface area contributed by atoms with Gasteiger partial charge in [-0.25, -0.2) is 0 Å². The molecule has 0 aromatic heterocycles. The van der Waals surface area contributed by atoms with Gasteiger partial charge in [0.1, 0.15) is 0 Å². The van der Waals surface area contributed by atoms with Crippen molar-refractivity contribution < 1.29 is 19.5 Å². The van der Waals surface area contributed by atoms with E-state index in [4.69, 9.17) is 0 Å². The van der Waals surface area contributed by atoms with Gasteiger partial charge in [-0.15, -0.1) is 0 Å². The molecule has 1 rings (SSSR count). The Morgan fingerprint density at radius 3 is 2.47 bits per heavy atom. The van der Waals surface area contributed by atoms with Gasteiger partial charge in [0.15, 0.2) is 0 Å². The van der Waals surface area contributed by atoms with Gasteiger partial charge in [-0.1, -0.05) is 13.8 Å². The van der Waals surface area contributed by atoms with Crippen LogP contribution >= 0.6 is 0 Å². The Hall–Kier alpha value is -1.59. The molecule has 6 nitrogen and oxygen atoms in total. The van der Waals surface area contributed by atoms with Gasteiger partial charge in [-0.2, -0.15) is 0 Å². The van der Waals surface area contributed by atoms with Crippen LogP contribution in [-0.4, -0.2) is 36.0 Å². The van der Waals surface area contributed by atoms with E-state index in [1.807, 2.05) is 13.8 Å². The molecule has 1 saturated heterocycles. The normalized spacial score (nSPS) is 19.7. The maximum absolute atomic E-state index is 12.0. The van der Waals surface area contributed by atoms with Gasteiger partial charge in [0, 0.05) is 19.5 Å². The van der Waals surface area contributed by atoms with Crippen molar-refractivity contribution in [2.45, 2.75) is 39.5 Å². The summed E-state index contributed by atoms with van der Waals surface area (Å²) in [6.45, 7) is 4.09. The average molecular weight is 270 g/mol. The molecule has 0 bridgehead atoms. The van der Waals surface area contributed by atoms with Crippen LogP contribution in [0.2, 0.25) is 0 Å². The molecule has 0 aromatic carbocycles. The lowest BCUT2D eigenvalue weighted by atomic mass is 9.82. The quantitative estimate of drug-likeness (QED) is 0.655. The maximum atomic E-state index is 12.0. The molecule has 6 heteroatoms. The molecule has 0 radical (unpaired) electrons. The van der Waals surface area contributed by atoms with Gasteiger partial charge in [0.2, 0.25) is 11.8 Å². The van der Waals surface area contributed by atoms with Crippen molar-refractivity contribution in [1.29, 1.82) is 0 Å². The molecule has 1 aliphatic rings. The summed E-state index contributed by atoms with van der Waals surface area (Å²) in [5, 5.41) is 14.6. The molecule has 0 spiro atoms. The second-order valence-electron chi connectivity index (χ2n) is 5.05. The van der Waals surface area contributed by atoms with Crippen molar-refractivity contribution in [3.63, 3.8) is 0 Å². The summed E-state index contributed by atoms with van der Waals surface area (Å²) in [5.41, 5.74) is -0.895. The zero-order valence-corrected chi connectivity index (χ0v) is 11.5. The van der Waals surface area contributed by atoms with Crippen LogP contribution in [0, 0.1) is 11.3 Å². The summed E-state index contributed by atoms with van der Waals surface area (Å²) in [6.07, 6.45) is 1.82. The summed E-state index contributed by atoms with van der Waals surface area (Å²) in [5.74, 6) is -1.34. The van der Waals surface area contributed by atoms with E-state index >= 15 is 0 Å². The first-order valence-electron chi connectivity index (χ1n) is 6.73. The molecule has 1 atom stereocenters. The standard InChI is InChI=1S/C13H22N2O4/c1-3-13(4-2,12(18)19)8-15-11(17)9-5-6-10(16)14-7-9/h9H,3-8H2,1-2H3,(H,14,16)(H,15,17)(H,18,19). The minimum absolute atomic E-state index is 0.0361. The number of carboxylic acid groups (broad SMARTS) is 1. The fourth-order valence-electron chi connectivity index (χ4n) is 2.24. The zero-order chi connectivity index (χ0) is 14.5. The average Bonchev–Trinajstić information content (AvgIpc) is 2.40. The van der Waals surface area contributed by atoms with Crippen molar-refractivity contribution in [3.05, 3.63) is 0 Å². The molecular formula is C13H22N2O4. The molecule has 0 saturated carbocycles. The Labute approximate surface area is 112 Å². The Bertz CT molecular complexity index is 354. The smallest absolute Gasteiger partial charge is 0.311 e. The molecule has 1 unspecified atom stereocenters. The minimum atomic E-state index is -0.895. The van der Waals surface area contributed by atoms with Crippen LogP contribution in [0.15, 0.2) is 0 Å². The Balaban J connectivity index is 2.53. The summed E-state index contributed by atoms with van der Waals surface area (Å²) in [4.78, 5) is 34.3. The lowest BCUT2D eigenvalue weighted by Crippen LogP contribution is -2.47. The minimum Gasteiger partial charge on any atom is -0.481 e. The van der Waals surface area contributed by atoms with Crippen LogP contribution in [0.1, 0.15) is 39.5 Å². The van der Waals surface area contributed by atoms with Crippen molar-refractivity contribution in [2.24, 2.45) is 11.3 Å². The number of aliphatic carboxylic acids is 1. The fourth-order valence-corrected chi connectivity index (χ4v) is 2.24. The van der Waals surface area contributed by atoms with Crippen LogP contribution in [0.5, 0.6) is 0 Å². The first kappa shape index (κ1) is 15.5. The van der Waals surface area contributed by atoms with Crippen LogP contribution in [-0.2, 0) is 14.4 Å². The SMILES string of the molecule is CCC(CC)(CNC(=O)C1CCC(=O)NC1)C(=O)O. The Kier molecular flexibility index (Phi) is 5.32. The second-order valence-corrected chi connectivity index (χ2v) is 5.05. The van der Waals surface area contributed by atoms with Crippen molar-refractivity contribution >= 4 is 17.8 Å². The highest BCUT2D eigenvalue weighted by atomic mass is 16.4. The van der Waals surface area contributed by atoms with Gasteiger partial charge in [-0.05, 0) is 19.3 Å². The predicted molar refractivity (Wildman–Crippen MR) is 69.4 cm³/mol. The lowest BCUT2D eigenvalue weighted by molar-refractivity contribution is -0.149. The van der Waals surface area contributed by atoms with Crippen LogP contribution in [0.3, 0.4) is 0 Å². The number of nitrogens with one attached hydrogen (secondary N) is 2. The maximum Gasteiger partial charge on any atom is 0.311 e. The van der Waals surface area contributed by atoms with Gasteiger partial charge in [0.05, 0.1) is 11.3 Å². The first-order valence-corrected chi connectivity index (χ1v) is 6.73. The highest BCUT2D eigenvalue weighted by Crippen LogP contribution is 2.26. The molecule has 0 aromatic rings. The van der Waals surface area contributed by atoms with E-state index in [-0.39, 0.29) is 24.3 Å². The molecule has 1 fully saturated rings. The molecule has 108 valence electrons. The summed E-state index contributed by atoms with van der Waals surface area (Å²) in [7, 11) is 0. The van der Waals surface area contributed by atoms with E-state index in [1.54, 1.807) is 0 Å². The highest BCUT2D eigenvalue weighted by molar-refractivity contribution is 5.84. The number of carbonyl (C=O) groups excluding carboxylic acids is 2. The van der Waals surface area contributed by atoms with Crippen LogP contribution in [0.4, 0.5) is 0 Å². The second kappa shape index (κ2) is 6.54. The number of rotatable bonds is 6. The fraction of sp³-hybridized carbons (Fsp3) is 0.769. The first-order chi connectivity index (χ1) is 8.95. The Morgan fingerprint density at radius 2 is 2.05 bits per heavy atom. The van der Waals surface area contributed by atoms with E-state index in [1.165, 1.54) is 0 Å². The summed E-state index contributed by atoms with van der Waals surface area (Å²) < 4.78 is 0. The molecule has 1 aliphatic heterocycles. The third-order valence-corrected chi connectivity index (χ3v) is 4.04. The number of amides is 2. The molecule has 3 N–H and O–H groups in total. The molecular weight excluding hydrogens is 248 g/mol. The van der Waals surface area contributed by atoms with Crippen molar-refractivity contribution in [1.82, 2.24) is 10.6 Å². The van der Waals surface area contributed by atoms with Gasteiger partial charge < -0.3 is 15.7 Å².